The van der Waals surface area contributed by atoms with E-state index in [-0.39, 0.29) is 6.09 Å². The van der Waals surface area contributed by atoms with Gasteiger partial charge in [-0.3, -0.25) is 4.90 Å². The van der Waals surface area contributed by atoms with Gasteiger partial charge in [-0.15, -0.1) is 0 Å². The Bertz CT molecular complexity index is 428. The van der Waals surface area contributed by atoms with Crippen molar-refractivity contribution in [2.75, 3.05) is 0 Å². The summed E-state index contributed by atoms with van der Waals surface area (Å²) >= 11 is 0. The van der Waals surface area contributed by atoms with Crippen molar-refractivity contribution in [3.05, 3.63) is 48.2 Å². The molecular weight excluding hydrogens is 238 g/mol. The van der Waals surface area contributed by atoms with Crippen molar-refractivity contribution < 1.29 is 9.53 Å². The van der Waals surface area contributed by atoms with Crippen LogP contribution in [0.25, 0.3) is 0 Å². The average molecular weight is 259 g/mol. The van der Waals surface area contributed by atoms with Gasteiger partial charge in [0.15, 0.2) is 0 Å². The molecule has 0 saturated heterocycles. The van der Waals surface area contributed by atoms with E-state index in [9.17, 15) is 4.79 Å². The lowest BCUT2D eigenvalue weighted by atomic mass is 10.0. The van der Waals surface area contributed by atoms with Gasteiger partial charge < -0.3 is 4.74 Å². The molecule has 1 aliphatic rings. The van der Waals surface area contributed by atoms with Crippen LogP contribution in [-0.4, -0.2) is 17.0 Å². The number of rotatable bonds is 4. The molecule has 0 bridgehead atoms. The molecule has 0 aromatic heterocycles. The van der Waals surface area contributed by atoms with Crippen molar-refractivity contribution in [1.82, 2.24) is 4.90 Å². The zero-order valence-corrected chi connectivity index (χ0v) is 11.4. The fourth-order valence-electron chi connectivity index (χ4n) is 2.36. The minimum absolute atomic E-state index is 0.238. The van der Waals surface area contributed by atoms with Gasteiger partial charge in [0, 0.05) is 12.2 Å². The largest absolute Gasteiger partial charge is 0.444 e. The Morgan fingerprint density at radius 3 is 2.89 bits per heavy atom. The number of carbonyl (C=O) groups is 1. The first-order chi connectivity index (χ1) is 9.31. The van der Waals surface area contributed by atoms with Crippen LogP contribution >= 0.6 is 0 Å². The maximum Gasteiger partial charge on any atom is 0.414 e. The van der Waals surface area contributed by atoms with Crippen molar-refractivity contribution in [2.24, 2.45) is 0 Å². The van der Waals surface area contributed by atoms with Crippen LogP contribution in [-0.2, 0) is 11.3 Å². The van der Waals surface area contributed by atoms with Gasteiger partial charge in [0.1, 0.15) is 6.61 Å². The van der Waals surface area contributed by atoms with Gasteiger partial charge in [-0.05, 0) is 24.8 Å². The van der Waals surface area contributed by atoms with Crippen molar-refractivity contribution in [3.8, 4) is 0 Å². The lowest BCUT2D eigenvalue weighted by Gasteiger charge is -2.30. The van der Waals surface area contributed by atoms with Crippen molar-refractivity contribution in [3.63, 3.8) is 0 Å². The van der Waals surface area contributed by atoms with Crippen molar-refractivity contribution in [1.29, 1.82) is 0 Å². The first-order valence-corrected chi connectivity index (χ1v) is 6.97. The van der Waals surface area contributed by atoms with Crippen LogP contribution in [0.4, 0.5) is 4.79 Å². The SMILES string of the molecule is CCC[C@H]1CCC=CN1C(=O)OCc1ccccc1. The number of hydrogen-bond donors (Lipinski definition) is 0. The third-order valence-corrected chi connectivity index (χ3v) is 3.36. The van der Waals surface area contributed by atoms with Crippen molar-refractivity contribution >= 4 is 6.09 Å². The van der Waals surface area contributed by atoms with Crippen LogP contribution in [0, 0.1) is 0 Å². The fraction of sp³-hybridized carbons (Fsp3) is 0.438. The third kappa shape index (κ3) is 3.85. The van der Waals surface area contributed by atoms with Gasteiger partial charge >= 0.3 is 6.09 Å². The molecule has 0 saturated carbocycles. The Hall–Kier alpha value is -1.77. The molecule has 2 rings (SSSR count). The first-order valence-electron chi connectivity index (χ1n) is 6.97. The number of amides is 1. The van der Waals surface area contributed by atoms with Crippen LogP contribution in [0.2, 0.25) is 0 Å². The molecule has 0 N–H and O–H groups in total. The molecule has 0 fully saturated rings. The molecule has 1 aromatic carbocycles. The molecule has 102 valence electrons. The molecule has 1 aromatic rings. The van der Waals surface area contributed by atoms with Gasteiger partial charge in [0.25, 0.3) is 0 Å². The van der Waals surface area contributed by atoms with Gasteiger partial charge in [-0.2, -0.15) is 0 Å². The van der Waals surface area contributed by atoms with Crippen LogP contribution < -0.4 is 0 Å². The van der Waals surface area contributed by atoms with E-state index in [1.165, 1.54) is 0 Å². The lowest BCUT2D eigenvalue weighted by molar-refractivity contribution is 0.0933. The number of nitrogens with zero attached hydrogens (tertiary/aromatic N) is 1. The maximum atomic E-state index is 12.1. The van der Waals surface area contributed by atoms with Crippen LogP contribution in [0.15, 0.2) is 42.6 Å². The molecule has 1 atom stereocenters. The first kappa shape index (κ1) is 13.7. The minimum Gasteiger partial charge on any atom is -0.444 e. The summed E-state index contributed by atoms with van der Waals surface area (Å²) in [6.07, 6.45) is 7.87. The number of allylic oxidation sites excluding steroid dienone is 1. The van der Waals surface area contributed by atoms with E-state index in [4.69, 9.17) is 4.74 Å². The van der Waals surface area contributed by atoms with Gasteiger partial charge in [0.2, 0.25) is 0 Å². The van der Waals surface area contributed by atoms with Crippen molar-refractivity contribution in [2.45, 2.75) is 45.3 Å². The molecule has 1 heterocycles. The second-order valence-electron chi connectivity index (χ2n) is 4.85. The number of hydrogen-bond acceptors (Lipinski definition) is 2. The molecule has 1 aliphatic heterocycles. The quantitative estimate of drug-likeness (QED) is 0.814. The summed E-state index contributed by atoms with van der Waals surface area (Å²) in [6, 6.07) is 10.1. The smallest absolute Gasteiger partial charge is 0.414 e. The van der Waals surface area contributed by atoms with E-state index in [1.807, 2.05) is 42.6 Å². The highest BCUT2D eigenvalue weighted by atomic mass is 16.6. The fourth-order valence-corrected chi connectivity index (χ4v) is 2.36. The highest BCUT2D eigenvalue weighted by Crippen LogP contribution is 2.20. The molecule has 0 radical (unpaired) electrons. The molecule has 0 aliphatic carbocycles. The normalized spacial score (nSPS) is 18.4. The lowest BCUT2D eigenvalue weighted by Crippen LogP contribution is -2.38. The zero-order chi connectivity index (χ0) is 13.5. The van der Waals surface area contributed by atoms with E-state index in [2.05, 4.69) is 6.92 Å². The predicted octanol–water partition coefficient (Wildman–Crippen LogP) is 4.10. The third-order valence-electron chi connectivity index (χ3n) is 3.36. The van der Waals surface area contributed by atoms with Gasteiger partial charge in [-0.1, -0.05) is 49.8 Å². The summed E-state index contributed by atoms with van der Waals surface area (Å²) in [4.78, 5) is 13.9. The Balaban J connectivity index is 1.91. The van der Waals surface area contributed by atoms with E-state index < -0.39 is 0 Å². The summed E-state index contributed by atoms with van der Waals surface area (Å²) < 4.78 is 5.38. The molecule has 3 heteroatoms. The van der Waals surface area contributed by atoms with Crippen LogP contribution in [0.3, 0.4) is 0 Å². The number of ether oxygens (including phenoxy) is 1. The topological polar surface area (TPSA) is 29.5 Å². The van der Waals surface area contributed by atoms with Crippen LogP contribution in [0.1, 0.15) is 38.2 Å². The second-order valence-corrected chi connectivity index (χ2v) is 4.85. The highest BCUT2D eigenvalue weighted by Gasteiger charge is 2.24. The molecule has 0 spiro atoms. The van der Waals surface area contributed by atoms with Gasteiger partial charge in [0.05, 0.1) is 0 Å². The van der Waals surface area contributed by atoms with E-state index in [1.54, 1.807) is 4.90 Å². The summed E-state index contributed by atoms with van der Waals surface area (Å²) in [5.74, 6) is 0. The van der Waals surface area contributed by atoms with Crippen LogP contribution in [0.5, 0.6) is 0 Å². The van der Waals surface area contributed by atoms with Gasteiger partial charge in [-0.25, -0.2) is 4.79 Å². The predicted molar refractivity (Wildman–Crippen MR) is 75.5 cm³/mol. The molecule has 3 nitrogen and oxygen atoms in total. The summed E-state index contributed by atoms with van der Waals surface area (Å²) in [7, 11) is 0. The summed E-state index contributed by atoms with van der Waals surface area (Å²) in [6.45, 7) is 2.48. The number of carbonyl (C=O) groups excluding carboxylic acids is 1. The Kier molecular flexibility index (Phi) is 5.01. The van der Waals surface area contributed by atoms with E-state index in [0.29, 0.717) is 12.6 Å². The Morgan fingerprint density at radius 2 is 2.16 bits per heavy atom. The molecular formula is C16H21NO2. The maximum absolute atomic E-state index is 12.1. The monoisotopic (exact) mass is 259 g/mol. The summed E-state index contributed by atoms with van der Waals surface area (Å²) in [5, 5.41) is 0. The summed E-state index contributed by atoms with van der Waals surface area (Å²) in [5.41, 5.74) is 1.02. The molecule has 19 heavy (non-hydrogen) atoms. The second kappa shape index (κ2) is 6.98. The Labute approximate surface area is 114 Å². The Morgan fingerprint density at radius 1 is 1.37 bits per heavy atom. The zero-order valence-electron chi connectivity index (χ0n) is 11.4. The minimum atomic E-state index is -0.238. The van der Waals surface area contributed by atoms with E-state index in [0.717, 1.165) is 31.2 Å². The number of benzene rings is 1. The highest BCUT2D eigenvalue weighted by molar-refractivity contribution is 5.69. The standard InChI is InChI=1S/C16H21NO2/c1-2-8-15-11-6-7-12-17(15)16(18)19-13-14-9-4-3-5-10-14/h3-5,7,9-10,12,15H,2,6,8,11,13H2,1H3/t15-/m0/s1. The average Bonchev–Trinajstić information content (AvgIpc) is 2.47. The molecule has 1 amide bonds. The van der Waals surface area contributed by atoms with E-state index >= 15 is 0 Å². The molecule has 0 unspecified atom stereocenters.